The van der Waals surface area contributed by atoms with Gasteiger partial charge in [0.1, 0.15) is 29.6 Å². The molecule has 6 rings (SSSR count). The van der Waals surface area contributed by atoms with Gasteiger partial charge in [0.05, 0.1) is 49.1 Å². The Bertz CT molecular complexity index is 1640. The Hall–Kier alpha value is -4.99. The Kier molecular flexibility index (Phi) is 5.86. The number of Topliss-reactive ketones (excluding diaryl/α,β-unsaturated/α-hetero) is 1. The van der Waals surface area contributed by atoms with E-state index in [1.165, 1.54) is 4.90 Å². The minimum Gasteiger partial charge on any atom is -0.507 e. The Balaban J connectivity index is 1.53. The molecule has 0 spiro atoms. The maximum Gasteiger partial charge on any atom is 0.302 e. The number of nitrogens with one attached hydrogen (secondary N) is 1. The highest BCUT2D eigenvalue weighted by atomic mass is 16.5. The van der Waals surface area contributed by atoms with E-state index in [1.807, 2.05) is 11.9 Å². The molecule has 0 saturated carbocycles. The van der Waals surface area contributed by atoms with Crippen LogP contribution in [0.1, 0.15) is 17.2 Å². The van der Waals surface area contributed by atoms with Gasteiger partial charge in [-0.2, -0.15) is 0 Å². The minimum absolute atomic E-state index is 0.0393. The lowest BCUT2D eigenvalue weighted by Gasteiger charge is -2.28. The number of hydrogen-bond acceptors (Lipinski definition) is 8. The molecule has 0 bridgehead atoms. The van der Waals surface area contributed by atoms with Gasteiger partial charge in [-0.3, -0.25) is 14.5 Å². The fraction of sp³-hybridized carbons (Fsp3) is 0.207. The number of carbonyl (C=O) groups excluding carboxylic acids is 2. The van der Waals surface area contributed by atoms with Crippen molar-refractivity contribution < 1.29 is 28.9 Å². The SMILES string of the molecule is COc1ccc(C2/C(=C(\O)c3ccc4c(c3)N(C)CCO4)C(=O)C(=O)N2c2nc3ccc(OC)cc3[nH]2)cc1. The van der Waals surface area contributed by atoms with Crippen LogP contribution in [0.25, 0.3) is 16.8 Å². The summed E-state index contributed by atoms with van der Waals surface area (Å²) in [5, 5.41) is 11.6. The van der Waals surface area contributed by atoms with E-state index < -0.39 is 17.7 Å². The van der Waals surface area contributed by atoms with Crippen LogP contribution in [0, 0.1) is 0 Å². The highest BCUT2D eigenvalue weighted by molar-refractivity contribution is 6.51. The molecule has 1 saturated heterocycles. The molecule has 1 aromatic heterocycles. The van der Waals surface area contributed by atoms with E-state index in [4.69, 9.17) is 14.2 Å². The first-order chi connectivity index (χ1) is 18.9. The molecule has 4 aromatic rings. The monoisotopic (exact) mass is 526 g/mol. The molecule has 39 heavy (non-hydrogen) atoms. The van der Waals surface area contributed by atoms with Gasteiger partial charge in [0.25, 0.3) is 5.78 Å². The molecular weight excluding hydrogens is 500 g/mol. The molecule has 0 radical (unpaired) electrons. The minimum atomic E-state index is -0.941. The number of aliphatic hydroxyl groups excluding tert-OH is 1. The Morgan fingerprint density at radius 3 is 2.51 bits per heavy atom. The van der Waals surface area contributed by atoms with Crippen LogP contribution in [0.2, 0.25) is 0 Å². The summed E-state index contributed by atoms with van der Waals surface area (Å²) >= 11 is 0. The maximum absolute atomic E-state index is 13.5. The molecule has 1 fully saturated rings. The predicted octanol–water partition coefficient (Wildman–Crippen LogP) is 4.04. The second-order valence-electron chi connectivity index (χ2n) is 9.34. The zero-order chi connectivity index (χ0) is 27.3. The molecule has 1 unspecified atom stereocenters. The molecule has 0 aliphatic carbocycles. The highest BCUT2D eigenvalue weighted by Gasteiger charge is 2.48. The lowest BCUT2D eigenvalue weighted by molar-refractivity contribution is -0.132. The van der Waals surface area contributed by atoms with Gasteiger partial charge in [-0.1, -0.05) is 12.1 Å². The van der Waals surface area contributed by atoms with Crippen LogP contribution in [0.3, 0.4) is 0 Å². The number of aliphatic hydroxyl groups is 1. The number of H-pyrrole nitrogens is 1. The number of anilines is 2. The maximum atomic E-state index is 13.5. The van der Waals surface area contributed by atoms with Gasteiger partial charge < -0.3 is 29.2 Å². The molecule has 1 amide bonds. The summed E-state index contributed by atoms with van der Waals surface area (Å²) in [6.07, 6.45) is 0. The number of imidazole rings is 1. The number of rotatable bonds is 5. The summed E-state index contributed by atoms with van der Waals surface area (Å²) in [5.41, 5.74) is 2.98. The van der Waals surface area contributed by atoms with E-state index in [0.29, 0.717) is 52.6 Å². The van der Waals surface area contributed by atoms with E-state index >= 15 is 0 Å². The van der Waals surface area contributed by atoms with Gasteiger partial charge in [0.15, 0.2) is 0 Å². The number of benzene rings is 3. The quantitative estimate of drug-likeness (QED) is 0.227. The van der Waals surface area contributed by atoms with Gasteiger partial charge in [-0.25, -0.2) is 4.98 Å². The molecule has 3 heterocycles. The van der Waals surface area contributed by atoms with Crippen LogP contribution in [0.4, 0.5) is 11.6 Å². The number of ketones is 1. The number of nitrogens with zero attached hydrogens (tertiary/aromatic N) is 3. The van der Waals surface area contributed by atoms with Crippen LogP contribution in [-0.2, 0) is 9.59 Å². The van der Waals surface area contributed by atoms with Gasteiger partial charge in [0, 0.05) is 18.7 Å². The van der Waals surface area contributed by atoms with Crippen LogP contribution in [-0.4, -0.2) is 61.2 Å². The smallest absolute Gasteiger partial charge is 0.302 e. The van der Waals surface area contributed by atoms with Crippen molar-refractivity contribution in [3.8, 4) is 17.2 Å². The predicted molar refractivity (Wildman–Crippen MR) is 146 cm³/mol. The summed E-state index contributed by atoms with van der Waals surface area (Å²) in [5.74, 6) is 0.202. The molecule has 10 nitrogen and oxygen atoms in total. The van der Waals surface area contributed by atoms with Crippen molar-refractivity contribution >= 4 is 40.1 Å². The van der Waals surface area contributed by atoms with Crippen LogP contribution in [0.15, 0.2) is 66.2 Å². The second-order valence-corrected chi connectivity index (χ2v) is 9.34. The largest absolute Gasteiger partial charge is 0.507 e. The summed E-state index contributed by atoms with van der Waals surface area (Å²) in [4.78, 5) is 38.1. The van der Waals surface area contributed by atoms with Crippen molar-refractivity contribution in [2.45, 2.75) is 6.04 Å². The lowest BCUT2D eigenvalue weighted by atomic mass is 9.95. The highest BCUT2D eigenvalue weighted by Crippen LogP contribution is 2.43. The molecule has 10 heteroatoms. The second kappa shape index (κ2) is 9.39. The summed E-state index contributed by atoms with van der Waals surface area (Å²) < 4.78 is 16.3. The molecule has 2 aliphatic rings. The number of methoxy groups -OCH3 is 2. The fourth-order valence-corrected chi connectivity index (χ4v) is 5.02. The van der Waals surface area contributed by atoms with Gasteiger partial charge >= 0.3 is 5.91 Å². The molecule has 2 N–H and O–H groups in total. The van der Waals surface area contributed by atoms with E-state index in [2.05, 4.69) is 9.97 Å². The van der Waals surface area contributed by atoms with Crippen molar-refractivity contribution in [2.24, 2.45) is 0 Å². The fourth-order valence-electron chi connectivity index (χ4n) is 5.02. The number of ether oxygens (including phenoxy) is 3. The first-order valence-corrected chi connectivity index (χ1v) is 12.4. The van der Waals surface area contributed by atoms with Crippen molar-refractivity contribution in [3.63, 3.8) is 0 Å². The number of aromatic nitrogens is 2. The number of carbonyl (C=O) groups is 2. The van der Waals surface area contributed by atoms with Crippen LogP contribution < -0.4 is 24.0 Å². The number of aromatic amines is 1. The lowest BCUT2D eigenvalue weighted by Crippen LogP contribution is -2.30. The van der Waals surface area contributed by atoms with Gasteiger partial charge in [-0.15, -0.1) is 0 Å². The number of fused-ring (bicyclic) bond motifs is 2. The van der Waals surface area contributed by atoms with Crippen LogP contribution in [0.5, 0.6) is 17.2 Å². The summed E-state index contributed by atoms with van der Waals surface area (Å²) in [7, 11) is 5.05. The van der Waals surface area contributed by atoms with Crippen molar-refractivity contribution in [2.75, 3.05) is 44.2 Å². The number of likely N-dealkylation sites (N-methyl/N-ethyl adjacent to an activating group) is 1. The van der Waals surface area contributed by atoms with E-state index in [1.54, 1.807) is 74.9 Å². The van der Waals surface area contributed by atoms with Crippen LogP contribution >= 0.6 is 0 Å². The molecule has 2 aliphatic heterocycles. The first kappa shape index (κ1) is 24.4. The summed E-state index contributed by atoms with van der Waals surface area (Å²) in [6.45, 7) is 1.24. The Morgan fingerprint density at radius 1 is 1.03 bits per heavy atom. The zero-order valence-corrected chi connectivity index (χ0v) is 21.6. The number of amides is 1. The third-order valence-corrected chi connectivity index (χ3v) is 7.11. The van der Waals surface area contributed by atoms with E-state index in [0.717, 1.165) is 5.69 Å². The summed E-state index contributed by atoms with van der Waals surface area (Å²) in [6, 6.07) is 16.5. The Morgan fingerprint density at radius 2 is 1.77 bits per heavy atom. The third kappa shape index (κ3) is 4.01. The topological polar surface area (TPSA) is 117 Å². The number of hydrogen-bond donors (Lipinski definition) is 2. The normalized spacial score (nSPS) is 18.3. The van der Waals surface area contributed by atoms with Crippen molar-refractivity contribution in [1.29, 1.82) is 0 Å². The Labute approximate surface area is 224 Å². The molecule has 198 valence electrons. The third-order valence-electron chi connectivity index (χ3n) is 7.11. The average molecular weight is 527 g/mol. The van der Waals surface area contributed by atoms with Crippen molar-refractivity contribution in [3.05, 3.63) is 77.4 Å². The zero-order valence-electron chi connectivity index (χ0n) is 21.6. The van der Waals surface area contributed by atoms with Crippen molar-refractivity contribution in [1.82, 2.24) is 9.97 Å². The average Bonchev–Trinajstić information content (AvgIpc) is 3.50. The van der Waals surface area contributed by atoms with Gasteiger partial charge in [0.2, 0.25) is 5.95 Å². The standard InChI is InChI=1S/C29H26N4O6/c1-32-12-13-39-23-11-6-17(14-22(23)32)26(34)24-25(16-4-7-18(37-2)8-5-16)33(28(36)27(24)35)29-30-20-10-9-19(38-3)15-21(20)31-29/h4-11,14-15,25,34H,12-13H2,1-3H3,(H,30,31)/b26-24+. The first-order valence-electron chi connectivity index (χ1n) is 12.4. The van der Waals surface area contributed by atoms with E-state index in [-0.39, 0.29) is 17.3 Å². The van der Waals surface area contributed by atoms with E-state index in [9.17, 15) is 14.7 Å². The molecule has 3 aromatic carbocycles. The molecular formula is C29H26N4O6. The molecule has 1 atom stereocenters. The van der Waals surface area contributed by atoms with Gasteiger partial charge in [-0.05, 0) is 48.0 Å².